The fraction of sp³-hybridized carbons (Fsp3) is 0.269. The SMILES string of the molecule is CN1CCC(N(Cc2cc(-c3ccc4[nH]ccc4c3)ccc2F)C(=O)Oc2ccncn2)CC1. The van der Waals surface area contributed by atoms with Gasteiger partial charge in [0.1, 0.15) is 12.1 Å². The van der Waals surface area contributed by atoms with Gasteiger partial charge >= 0.3 is 6.09 Å². The van der Waals surface area contributed by atoms with Crippen molar-refractivity contribution in [2.75, 3.05) is 20.1 Å². The monoisotopic (exact) mass is 459 g/mol. The fourth-order valence-corrected chi connectivity index (χ4v) is 4.43. The summed E-state index contributed by atoms with van der Waals surface area (Å²) in [5.74, 6) is -0.175. The Balaban J connectivity index is 1.43. The number of benzene rings is 2. The predicted octanol–water partition coefficient (Wildman–Crippen LogP) is 4.86. The number of amides is 1. The van der Waals surface area contributed by atoms with Gasteiger partial charge in [0, 0.05) is 35.6 Å². The van der Waals surface area contributed by atoms with Crippen LogP contribution < -0.4 is 4.74 Å². The summed E-state index contributed by atoms with van der Waals surface area (Å²) in [7, 11) is 2.06. The fourth-order valence-electron chi connectivity index (χ4n) is 4.43. The third kappa shape index (κ3) is 4.77. The second-order valence-corrected chi connectivity index (χ2v) is 8.66. The number of carbonyl (C=O) groups is 1. The summed E-state index contributed by atoms with van der Waals surface area (Å²) in [5, 5.41) is 1.09. The molecule has 174 valence electrons. The Hall–Kier alpha value is -3.78. The number of nitrogens with one attached hydrogen (secondary N) is 1. The van der Waals surface area contributed by atoms with E-state index >= 15 is 0 Å². The molecule has 0 aliphatic carbocycles. The first-order valence-electron chi connectivity index (χ1n) is 11.4. The number of fused-ring (bicyclic) bond motifs is 1. The predicted molar refractivity (Wildman–Crippen MR) is 128 cm³/mol. The van der Waals surface area contributed by atoms with Crippen molar-refractivity contribution >= 4 is 17.0 Å². The van der Waals surface area contributed by atoms with E-state index in [1.165, 1.54) is 24.7 Å². The Kier molecular flexibility index (Phi) is 6.22. The first kappa shape index (κ1) is 22.0. The van der Waals surface area contributed by atoms with Crippen molar-refractivity contribution in [2.45, 2.75) is 25.4 Å². The first-order chi connectivity index (χ1) is 16.6. The summed E-state index contributed by atoms with van der Waals surface area (Å²) in [5.41, 5.74) is 3.38. The number of likely N-dealkylation sites (tertiary alicyclic amines) is 1. The quantitative estimate of drug-likeness (QED) is 0.461. The minimum absolute atomic E-state index is 0.0511. The van der Waals surface area contributed by atoms with Crippen LogP contribution in [-0.4, -0.2) is 57.0 Å². The number of rotatable bonds is 5. The molecular formula is C26H26FN5O2. The molecule has 7 nitrogen and oxygen atoms in total. The zero-order valence-electron chi connectivity index (χ0n) is 18.9. The van der Waals surface area contributed by atoms with E-state index in [4.69, 9.17) is 4.74 Å². The standard InChI is InChI=1S/C26H26FN5O2/c1-31-12-8-22(9-13-31)32(26(33)34-25-7-10-28-17-30-25)16-21-15-18(2-4-23(21)27)19-3-5-24-20(14-19)6-11-29-24/h2-7,10-11,14-15,17,22,29H,8-9,12-13,16H2,1H3. The maximum absolute atomic E-state index is 15.0. The molecule has 34 heavy (non-hydrogen) atoms. The van der Waals surface area contributed by atoms with Gasteiger partial charge in [-0.2, -0.15) is 0 Å². The van der Waals surface area contributed by atoms with Gasteiger partial charge in [-0.3, -0.25) is 0 Å². The van der Waals surface area contributed by atoms with E-state index < -0.39 is 6.09 Å². The molecule has 1 saturated heterocycles. The maximum atomic E-state index is 15.0. The van der Waals surface area contributed by atoms with Crippen molar-refractivity contribution in [3.8, 4) is 17.0 Å². The Labute approximate surface area is 197 Å². The van der Waals surface area contributed by atoms with Crippen molar-refractivity contribution in [3.63, 3.8) is 0 Å². The third-order valence-corrected chi connectivity index (χ3v) is 6.38. The molecule has 0 atom stereocenters. The number of hydrogen-bond donors (Lipinski definition) is 1. The molecular weight excluding hydrogens is 433 g/mol. The summed E-state index contributed by atoms with van der Waals surface area (Å²) in [6.45, 7) is 1.84. The minimum Gasteiger partial charge on any atom is -0.391 e. The van der Waals surface area contributed by atoms with Crippen LogP contribution in [0.25, 0.3) is 22.0 Å². The molecule has 8 heteroatoms. The molecule has 3 heterocycles. The van der Waals surface area contributed by atoms with Crippen LogP contribution in [0.4, 0.5) is 9.18 Å². The van der Waals surface area contributed by atoms with Gasteiger partial charge in [-0.05, 0) is 79.8 Å². The topological polar surface area (TPSA) is 74.4 Å². The number of carbonyl (C=O) groups excluding carboxylic acids is 1. The molecule has 1 aliphatic rings. The van der Waals surface area contributed by atoms with Crippen LogP contribution in [0, 0.1) is 5.82 Å². The van der Waals surface area contributed by atoms with Gasteiger partial charge in [0.05, 0.1) is 6.54 Å². The van der Waals surface area contributed by atoms with E-state index in [0.717, 1.165) is 48.0 Å². The summed E-state index contributed by atoms with van der Waals surface area (Å²) in [4.78, 5) is 28.1. The van der Waals surface area contributed by atoms with E-state index in [0.29, 0.717) is 5.56 Å². The Morgan fingerprint density at radius 1 is 1.15 bits per heavy atom. The average molecular weight is 460 g/mol. The van der Waals surface area contributed by atoms with Crippen LogP contribution in [0.2, 0.25) is 0 Å². The summed E-state index contributed by atoms with van der Waals surface area (Å²) >= 11 is 0. The average Bonchev–Trinajstić information content (AvgIpc) is 3.33. The number of piperidine rings is 1. The molecule has 0 bridgehead atoms. The van der Waals surface area contributed by atoms with E-state index in [9.17, 15) is 9.18 Å². The van der Waals surface area contributed by atoms with Gasteiger partial charge in [-0.1, -0.05) is 12.1 Å². The number of ether oxygens (including phenoxy) is 1. The molecule has 2 aromatic carbocycles. The molecule has 1 N–H and O–H groups in total. The van der Waals surface area contributed by atoms with Crippen LogP contribution in [0.3, 0.4) is 0 Å². The van der Waals surface area contributed by atoms with E-state index in [2.05, 4.69) is 33.0 Å². The number of nitrogens with zero attached hydrogens (tertiary/aromatic N) is 4. The number of hydrogen-bond acceptors (Lipinski definition) is 5. The van der Waals surface area contributed by atoms with Gasteiger partial charge in [0.2, 0.25) is 5.88 Å². The lowest BCUT2D eigenvalue weighted by molar-refractivity contribution is 0.0962. The smallest absolute Gasteiger partial charge is 0.391 e. The van der Waals surface area contributed by atoms with Crippen molar-refractivity contribution in [1.29, 1.82) is 0 Å². The van der Waals surface area contributed by atoms with Crippen molar-refractivity contribution in [1.82, 2.24) is 24.8 Å². The number of H-pyrrole nitrogens is 1. The van der Waals surface area contributed by atoms with Crippen LogP contribution in [0.1, 0.15) is 18.4 Å². The Morgan fingerprint density at radius 2 is 1.94 bits per heavy atom. The van der Waals surface area contributed by atoms with Crippen molar-refractivity contribution < 1.29 is 13.9 Å². The lowest BCUT2D eigenvalue weighted by Gasteiger charge is -2.36. The Bertz CT molecular complexity index is 1280. The van der Waals surface area contributed by atoms with Crippen LogP contribution in [0.15, 0.2) is 67.3 Å². The highest BCUT2D eigenvalue weighted by molar-refractivity contribution is 5.85. The zero-order valence-corrected chi connectivity index (χ0v) is 18.9. The zero-order chi connectivity index (χ0) is 23.5. The molecule has 1 amide bonds. The molecule has 1 fully saturated rings. The molecule has 0 spiro atoms. The molecule has 0 saturated carbocycles. The maximum Gasteiger partial charge on any atom is 0.417 e. The highest BCUT2D eigenvalue weighted by Crippen LogP contribution is 2.28. The van der Waals surface area contributed by atoms with Gasteiger partial charge < -0.3 is 19.5 Å². The molecule has 2 aromatic heterocycles. The number of halogens is 1. The van der Waals surface area contributed by atoms with Crippen molar-refractivity contribution in [2.24, 2.45) is 0 Å². The van der Waals surface area contributed by atoms with E-state index in [-0.39, 0.29) is 24.3 Å². The normalized spacial score (nSPS) is 14.9. The summed E-state index contributed by atoms with van der Waals surface area (Å²) in [6, 6.07) is 14.6. The third-order valence-electron chi connectivity index (χ3n) is 6.38. The van der Waals surface area contributed by atoms with E-state index in [1.54, 1.807) is 11.0 Å². The second-order valence-electron chi connectivity index (χ2n) is 8.66. The van der Waals surface area contributed by atoms with E-state index in [1.807, 2.05) is 30.5 Å². The van der Waals surface area contributed by atoms with Crippen molar-refractivity contribution in [3.05, 3.63) is 78.6 Å². The lowest BCUT2D eigenvalue weighted by Crippen LogP contribution is -2.47. The molecule has 5 rings (SSSR count). The minimum atomic E-state index is -0.535. The number of aromatic nitrogens is 3. The van der Waals surface area contributed by atoms with Gasteiger partial charge in [-0.25, -0.2) is 19.2 Å². The molecule has 0 radical (unpaired) electrons. The molecule has 1 aliphatic heterocycles. The van der Waals surface area contributed by atoms with Gasteiger partial charge in [0.25, 0.3) is 0 Å². The van der Waals surface area contributed by atoms with Crippen LogP contribution in [0.5, 0.6) is 5.88 Å². The summed E-state index contributed by atoms with van der Waals surface area (Å²) in [6.07, 6.45) is 5.79. The molecule has 0 unspecified atom stereocenters. The van der Waals surface area contributed by atoms with Gasteiger partial charge in [-0.15, -0.1) is 0 Å². The summed E-state index contributed by atoms with van der Waals surface area (Å²) < 4.78 is 20.5. The number of aromatic amines is 1. The first-order valence-corrected chi connectivity index (χ1v) is 11.4. The second kappa shape index (κ2) is 9.61. The molecule has 4 aromatic rings. The lowest BCUT2D eigenvalue weighted by atomic mass is 9.99. The highest BCUT2D eigenvalue weighted by atomic mass is 19.1. The van der Waals surface area contributed by atoms with Gasteiger partial charge in [0.15, 0.2) is 0 Å². The largest absolute Gasteiger partial charge is 0.417 e. The van der Waals surface area contributed by atoms with Crippen LogP contribution in [-0.2, 0) is 6.54 Å². The Morgan fingerprint density at radius 3 is 2.74 bits per heavy atom. The highest BCUT2D eigenvalue weighted by Gasteiger charge is 2.29. The van der Waals surface area contributed by atoms with Crippen LogP contribution >= 0.6 is 0 Å².